The van der Waals surface area contributed by atoms with E-state index in [0.29, 0.717) is 27.8 Å². The Morgan fingerprint density at radius 1 is 1.00 bits per heavy atom. The lowest BCUT2D eigenvalue weighted by molar-refractivity contribution is -0.140. The number of amides is 1. The van der Waals surface area contributed by atoms with Crippen molar-refractivity contribution in [3.8, 4) is 5.75 Å². The fraction of sp³-hybridized carbons (Fsp3) is 0.333. The molecule has 0 spiro atoms. The Labute approximate surface area is 237 Å². The quantitative estimate of drug-likeness (QED) is 0.300. The predicted molar refractivity (Wildman–Crippen MR) is 148 cm³/mol. The highest BCUT2D eigenvalue weighted by Gasteiger charge is 2.47. The van der Waals surface area contributed by atoms with Crippen molar-refractivity contribution in [1.82, 2.24) is 5.32 Å². The average Bonchev–Trinajstić information content (AvgIpc) is 2.87. The van der Waals surface area contributed by atoms with Gasteiger partial charge in [0.2, 0.25) is 5.91 Å². The molecule has 0 bridgehead atoms. The Bertz CT molecular complexity index is 1330. The molecule has 1 aliphatic heterocycles. The lowest BCUT2D eigenvalue weighted by atomic mass is 9.69. The number of carbonyl (C=O) groups excluding carboxylic acids is 1. The number of nitrogens with one attached hydrogen (secondary N) is 1. The first-order valence-electron chi connectivity index (χ1n) is 12.5. The Morgan fingerprint density at radius 2 is 1.62 bits per heavy atom. The summed E-state index contributed by atoms with van der Waals surface area (Å²) in [7, 11) is 0. The summed E-state index contributed by atoms with van der Waals surface area (Å²) in [5, 5.41) is 13.3. The zero-order chi connectivity index (χ0) is 28.3. The molecule has 3 aromatic carbocycles. The standard InChI is InChI=1S/C30H30Cl2FNO5/c1-17(35)34-30(2,3)25-15-23(18-4-8-20(31)9-5-18)28(19-6-11-22(33)12-7-19)39-29(25)24-14-21(32)10-13-26(24)38-16-27(36)37/h4-14,23,25,28-29H,15-16H2,1-3H3,(H,34,35)(H,36,37)/t23-,25+,28+,29-/m0/s1. The number of carbonyl (C=O) groups is 2. The molecule has 1 saturated heterocycles. The first-order chi connectivity index (χ1) is 18.4. The van der Waals surface area contributed by atoms with Crippen LogP contribution >= 0.6 is 23.2 Å². The number of rotatable bonds is 8. The monoisotopic (exact) mass is 573 g/mol. The van der Waals surface area contributed by atoms with Gasteiger partial charge in [-0.2, -0.15) is 0 Å². The van der Waals surface area contributed by atoms with Crippen molar-refractivity contribution < 1.29 is 28.6 Å². The number of ether oxygens (including phenoxy) is 2. The van der Waals surface area contributed by atoms with Gasteiger partial charge in [0.1, 0.15) is 11.6 Å². The number of hydrogen-bond donors (Lipinski definition) is 2. The van der Waals surface area contributed by atoms with Gasteiger partial charge in [0.05, 0.1) is 12.2 Å². The maximum atomic E-state index is 13.9. The van der Waals surface area contributed by atoms with E-state index in [1.165, 1.54) is 19.1 Å². The lowest BCUT2D eigenvalue weighted by Gasteiger charge is -2.48. The molecule has 4 rings (SSSR count). The van der Waals surface area contributed by atoms with E-state index in [1.807, 2.05) is 38.1 Å². The third-order valence-electron chi connectivity index (χ3n) is 7.08. The molecule has 206 valence electrons. The van der Waals surface area contributed by atoms with E-state index in [2.05, 4.69) is 5.32 Å². The van der Waals surface area contributed by atoms with E-state index in [9.17, 15) is 19.1 Å². The summed E-state index contributed by atoms with van der Waals surface area (Å²) in [4.78, 5) is 23.5. The van der Waals surface area contributed by atoms with Crippen LogP contribution < -0.4 is 10.1 Å². The highest BCUT2D eigenvalue weighted by atomic mass is 35.5. The minimum absolute atomic E-state index is 0.176. The third-order valence-corrected chi connectivity index (χ3v) is 7.57. The fourth-order valence-electron chi connectivity index (χ4n) is 5.37. The Morgan fingerprint density at radius 3 is 2.23 bits per heavy atom. The van der Waals surface area contributed by atoms with Crippen LogP contribution in [0.15, 0.2) is 66.7 Å². The second-order valence-electron chi connectivity index (χ2n) is 10.3. The molecule has 1 heterocycles. The topological polar surface area (TPSA) is 84.9 Å². The van der Waals surface area contributed by atoms with Crippen LogP contribution in [0.2, 0.25) is 10.0 Å². The smallest absolute Gasteiger partial charge is 0.341 e. The number of benzene rings is 3. The van der Waals surface area contributed by atoms with Crippen LogP contribution in [-0.4, -0.2) is 29.1 Å². The van der Waals surface area contributed by atoms with Gasteiger partial charge in [-0.25, -0.2) is 9.18 Å². The molecule has 0 aromatic heterocycles. The molecule has 0 aliphatic carbocycles. The number of carboxylic acids is 1. The van der Waals surface area contributed by atoms with Gasteiger partial charge in [-0.1, -0.05) is 47.5 Å². The van der Waals surface area contributed by atoms with Crippen LogP contribution in [0.1, 0.15) is 62.0 Å². The largest absolute Gasteiger partial charge is 0.482 e. The van der Waals surface area contributed by atoms with Crippen LogP contribution in [0, 0.1) is 11.7 Å². The molecule has 9 heteroatoms. The Hall–Kier alpha value is -3.13. The summed E-state index contributed by atoms with van der Waals surface area (Å²) in [6, 6.07) is 18.6. The summed E-state index contributed by atoms with van der Waals surface area (Å²) in [6.45, 7) is 4.76. The van der Waals surface area contributed by atoms with Gasteiger partial charge in [0, 0.05) is 39.9 Å². The van der Waals surface area contributed by atoms with Crippen LogP contribution in [0.25, 0.3) is 0 Å². The molecule has 2 N–H and O–H groups in total. The van der Waals surface area contributed by atoms with E-state index >= 15 is 0 Å². The van der Waals surface area contributed by atoms with E-state index in [0.717, 1.165) is 11.1 Å². The van der Waals surface area contributed by atoms with Gasteiger partial charge in [-0.3, -0.25) is 4.79 Å². The van der Waals surface area contributed by atoms with E-state index < -0.39 is 30.3 Å². The number of carboxylic acid groups (broad SMARTS) is 1. The van der Waals surface area contributed by atoms with Crippen molar-refractivity contribution in [2.24, 2.45) is 5.92 Å². The molecule has 1 aliphatic rings. The molecule has 3 aromatic rings. The second-order valence-corrected chi connectivity index (χ2v) is 11.2. The SMILES string of the molecule is CC(=O)NC(C)(C)[C@@H]1C[C@@H](c2ccc(Cl)cc2)[C@@H](c2ccc(F)cc2)O[C@H]1c1cc(Cl)ccc1OCC(=O)O. The van der Waals surface area contributed by atoms with E-state index in [1.54, 1.807) is 30.3 Å². The van der Waals surface area contributed by atoms with Gasteiger partial charge in [0.15, 0.2) is 6.61 Å². The summed E-state index contributed by atoms with van der Waals surface area (Å²) in [6.07, 6.45) is -0.604. The summed E-state index contributed by atoms with van der Waals surface area (Å²) < 4.78 is 26.4. The number of halogens is 3. The van der Waals surface area contributed by atoms with Gasteiger partial charge in [-0.15, -0.1) is 0 Å². The average molecular weight is 574 g/mol. The molecular weight excluding hydrogens is 544 g/mol. The Kier molecular flexibility index (Phi) is 8.84. The van der Waals surface area contributed by atoms with Crippen LogP contribution in [0.4, 0.5) is 4.39 Å². The highest BCUT2D eigenvalue weighted by Crippen LogP contribution is 2.54. The minimum atomic E-state index is -1.12. The molecule has 4 atom stereocenters. The minimum Gasteiger partial charge on any atom is -0.482 e. The van der Waals surface area contributed by atoms with Crippen LogP contribution in [-0.2, 0) is 14.3 Å². The highest BCUT2D eigenvalue weighted by molar-refractivity contribution is 6.30. The first kappa shape index (κ1) is 28.9. The zero-order valence-electron chi connectivity index (χ0n) is 21.8. The predicted octanol–water partition coefficient (Wildman–Crippen LogP) is 7.11. The second kappa shape index (κ2) is 11.9. The number of hydrogen-bond acceptors (Lipinski definition) is 4. The van der Waals surface area contributed by atoms with Crippen molar-refractivity contribution in [3.63, 3.8) is 0 Å². The van der Waals surface area contributed by atoms with Crippen molar-refractivity contribution in [1.29, 1.82) is 0 Å². The van der Waals surface area contributed by atoms with Gasteiger partial charge < -0.3 is 19.9 Å². The maximum Gasteiger partial charge on any atom is 0.341 e. The molecule has 1 amide bonds. The fourth-order valence-corrected chi connectivity index (χ4v) is 5.68. The molecule has 0 saturated carbocycles. The number of aliphatic carboxylic acids is 1. The van der Waals surface area contributed by atoms with Gasteiger partial charge >= 0.3 is 5.97 Å². The molecule has 0 unspecified atom stereocenters. The van der Waals surface area contributed by atoms with Crippen molar-refractivity contribution in [2.45, 2.75) is 50.9 Å². The normalized spacial score (nSPS) is 21.3. The zero-order valence-corrected chi connectivity index (χ0v) is 23.3. The van der Waals surface area contributed by atoms with Crippen molar-refractivity contribution >= 4 is 35.1 Å². The molecule has 1 fully saturated rings. The first-order valence-corrected chi connectivity index (χ1v) is 13.3. The molecule has 39 heavy (non-hydrogen) atoms. The Balaban J connectivity index is 1.87. The maximum absolute atomic E-state index is 13.9. The molecule has 6 nitrogen and oxygen atoms in total. The van der Waals surface area contributed by atoms with Gasteiger partial charge in [0.25, 0.3) is 0 Å². The molecule has 0 radical (unpaired) electrons. The lowest BCUT2D eigenvalue weighted by Crippen LogP contribution is -2.53. The molecular formula is C30H30Cl2FNO5. The summed E-state index contributed by atoms with van der Waals surface area (Å²) >= 11 is 12.6. The van der Waals surface area contributed by atoms with Gasteiger partial charge in [-0.05, 0) is 73.9 Å². The van der Waals surface area contributed by atoms with Crippen LogP contribution in [0.5, 0.6) is 5.75 Å². The summed E-state index contributed by atoms with van der Waals surface area (Å²) in [5.74, 6) is -1.84. The van der Waals surface area contributed by atoms with E-state index in [-0.39, 0.29) is 23.6 Å². The van der Waals surface area contributed by atoms with E-state index in [4.69, 9.17) is 32.7 Å². The summed E-state index contributed by atoms with van der Waals surface area (Å²) in [5.41, 5.74) is 1.56. The van der Waals surface area contributed by atoms with Crippen molar-refractivity contribution in [2.75, 3.05) is 6.61 Å². The third kappa shape index (κ3) is 6.90. The van der Waals surface area contributed by atoms with Crippen LogP contribution in [0.3, 0.4) is 0 Å². The van der Waals surface area contributed by atoms with Crippen molar-refractivity contribution in [3.05, 3.63) is 99.3 Å².